The molecule has 4 heterocycles. The van der Waals surface area contributed by atoms with Gasteiger partial charge in [-0.2, -0.15) is 46.7 Å². The van der Waals surface area contributed by atoms with E-state index in [2.05, 4.69) is 94.0 Å². The Labute approximate surface area is 417 Å². The molecule has 19 heteroatoms. The summed E-state index contributed by atoms with van der Waals surface area (Å²) in [5.74, 6) is 4.26. The molecule has 0 N–H and O–H groups in total. The van der Waals surface area contributed by atoms with Gasteiger partial charge in [-0.1, -0.05) is 138 Å². The van der Waals surface area contributed by atoms with Crippen LogP contribution in [0.5, 0.6) is 5.75 Å². The number of nitrogens with zero attached hydrogens (tertiary/aromatic N) is 12. The zero-order valence-electron chi connectivity index (χ0n) is 43.3. The zero-order chi connectivity index (χ0) is 53.5. The van der Waals surface area contributed by atoms with Gasteiger partial charge in [-0.25, -0.2) is 38.7 Å². The molecule has 0 radical (unpaired) electrons. The summed E-state index contributed by atoms with van der Waals surface area (Å²) >= 11 is 0. The molecule has 0 aliphatic carbocycles. The first kappa shape index (κ1) is 55.7. The molecule has 0 fully saturated rings. The number of aryl methyl sites for hydroxylation is 1. The largest absolute Gasteiger partial charge is 0.494 e. The minimum Gasteiger partial charge on any atom is -0.494 e. The van der Waals surface area contributed by atoms with Gasteiger partial charge in [0.1, 0.15) is 36.2 Å². The van der Waals surface area contributed by atoms with Crippen molar-refractivity contribution in [1.29, 1.82) is 0 Å². The number of alkyl halides is 6. The van der Waals surface area contributed by atoms with Crippen LogP contribution < -0.4 is 4.74 Å². The Bertz CT molecular complexity index is 2980. The Morgan fingerprint density at radius 3 is 1.42 bits per heavy atom. The van der Waals surface area contributed by atoms with Gasteiger partial charge in [0.25, 0.3) is 0 Å². The number of aromatic nitrogens is 12. The standard InChI is InChI=1S/C14H16F3N3.C13H14F3N3.C13H17N3O.C13H17N3/c1-9-18-12(13(2,3)4)19-20(9)11-7-5-6-10(8-11)14(15,16)17;1-12(2,3)11-17-8-19(18-11)10-6-4-5-9(7-10)13(14,15)16;1-13(2,3)12-14-9-16(15-12)10-7-5-6-8-11(10)17-4;1-13(2,3)12-14-10-16(15-12)9-11-7-5-4-6-8-11/h5-8H,1-4H3;4-8H,1-3H3;5-9H,1-4H3;4-8,10H,9H2,1-3H3. The molecular formula is C53H64F6N12O. The van der Waals surface area contributed by atoms with Crippen molar-refractivity contribution >= 4 is 0 Å². The van der Waals surface area contributed by atoms with Crippen LogP contribution in [-0.4, -0.2) is 66.2 Å². The van der Waals surface area contributed by atoms with E-state index in [4.69, 9.17) is 4.74 Å². The van der Waals surface area contributed by atoms with Crippen molar-refractivity contribution in [3.8, 4) is 22.8 Å². The monoisotopic (exact) mass is 999 g/mol. The maximum Gasteiger partial charge on any atom is 0.416 e. The first-order valence-electron chi connectivity index (χ1n) is 23.1. The Balaban J connectivity index is 0.000000179. The highest BCUT2D eigenvalue weighted by molar-refractivity contribution is 5.45. The molecule has 0 atom stereocenters. The third-order valence-corrected chi connectivity index (χ3v) is 10.3. The van der Waals surface area contributed by atoms with Gasteiger partial charge < -0.3 is 4.74 Å². The molecule has 72 heavy (non-hydrogen) atoms. The number of ether oxygens (including phenoxy) is 1. The van der Waals surface area contributed by atoms with Crippen LogP contribution in [0.2, 0.25) is 0 Å². The highest BCUT2D eigenvalue weighted by Crippen LogP contribution is 2.32. The second-order valence-corrected chi connectivity index (χ2v) is 20.9. The molecule has 8 aromatic rings. The van der Waals surface area contributed by atoms with Crippen molar-refractivity contribution in [2.45, 2.75) is 131 Å². The van der Waals surface area contributed by atoms with Crippen molar-refractivity contribution in [2.75, 3.05) is 7.11 Å². The Hall–Kier alpha value is -7.18. The van der Waals surface area contributed by atoms with E-state index in [0.29, 0.717) is 28.8 Å². The summed E-state index contributed by atoms with van der Waals surface area (Å²) in [5, 5.41) is 17.5. The lowest BCUT2D eigenvalue weighted by atomic mass is 9.96. The number of hydrogen-bond acceptors (Lipinski definition) is 9. The summed E-state index contributed by atoms with van der Waals surface area (Å²) in [6, 6.07) is 28.1. The van der Waals surface area contributed by atoms with Crippen LogP contribution in [-0.2, 0) is 40.6 Å². The van der Waals surface area contributed by atoms with Gasteiger partial charge in [-0.05, 0) is 61.0 Å². The van der Waals surface area contributed by atoms with E-state index in [1.165, 1.54) is 33.4 Å². The number of hydrogen-bond donors (Lipinski definition) is 0. The summed E-state index contributed by atoms with van der Waals surface area (Å²) in [5.41, 5.74) is 0.934. The molecule has 4 aromatic heterocycles. The van der Waals surface area contributed by atoms with Crippen LogP contribution in [0.15, 0.2) is 122 Å². The van der Waals surface area contributed by atoms with E-state index in [1.807, 2.05) is 88.7 Å². The van der Waals surface area contributed by atoms with Gasteiger partial charge in [0.15, 0.2) is 23.3 Å². The topological polar surface area (TPSA) is 132 Å². The van der Waals surface area contributed by atoms with Crippen LogP contribution in [0.1, 0.15) is 129 Å². The van der Waals surface area contributed by atoms with Crippen LogP contribution in [0.3, 0.4) is 0 Å². The fraction of sp³-hybridized carbons (Fsp3) is 0.396. The van der Waals surface area contributed by atoms with Crippen LogP contribution in [0, 0.1) is 6.92 Å². The molecule has 0 aliphatic rings. The molecule has 13 nitrogen and oxygen atoms in total. The van der Waals surface area contributed by atoms with Crippen molar-refractivity contribution in [3.63, 3.8) is 0 Å². The lowest BCUT2D eigenvalue weighted by molar-refractivity contribution is -0.138. The van der Waals surface area contributed by atoms with Crippen molar-refractivity contribution in [1.82, 2.24) is 59.1 Å². The first-order valence-corrected chi connectivity index (χ1v) is 23.1. The predicted octanol–water partition coefficient (Wildman–Crippen LogP) is 12.7. The van der Waals surface area contributed by atoms with Crippen molar-refractivity contribution < 1.29 is 31.1 Å². The SMILES string of the molecule is CC(C)(C)c1ncn(-c2cccc(C(F)(F)F)c2)n1.CC(C)(C)c1ncn(Cc2ccccc2)n1.COc1ccccc1-n1cnc(C(C)(C)C)n1.Cc1nc(C(C)(C)C)nn1-c1cccc(C(F)(F)F)c1. The van der Waals surface area contributed by atoms with Gasteiger partial charge >= 0.3 is 12.4 Å². The normalized spacial score (nSPS) is 12.2. The van der Waals surface area contributed by atoms with E-state index >= 15 is 0 Å². The molecule has 0 amide bonds. The minimum atomic E-state index is -4.36. The van der Waals surface area contributed by atoms with Crippen molar-refractivity contribution in [3.05, 3.63) is 168 Å². The first-order chi connectivity index (χ1) is 33.3. The summed E-state index contributed by atoms with van der Waals surface area (Å²) in [6.45, 7) is 26.8. The van der Waals surface area contributed by atoms with Gasteiger partial charge in [-0.15, -0.1) is 0 Å². The maximum absolute atomic E-state index is 12.7. The van der Waals surface area contributed by atoms with E-state index in [-0.39, 0.29) is 21.7 Å². The second kappa shape index (κ2) is 22.1. The van der Waals surface area contributed by atoms with Gasteiger partial charge in [0, 0.05) is 21.7 Å². The molecular weight excluding hydrogens is 935 g/mol. The van der Waals surface area contributed by atoms with Crippen molar-refractivity contribution in [2.24, 2.45) is 0 Å². The molecule has 0 spiro atoms. The Kier molecular flexibility index (Phi) is 17.1. The minimum absolute atomic E-state index is 0.0158. The highest BCUT2D eigenvalue weighted by atomic mass is 19.4. The Morgan fingerprint density at radius 1 is 0.472 bits per heavy atom. The third kappa shape index (κ3) is 15.4. The molecule has 0 bridgehead atoms. The number of para-hydroxylation sites is 2. The summed E-state index contributed by atoms with van der Waals surface area (Å²) in [4.78, 5) is 17.1. The molecule has 384 valence electrons. The quantitative estimate of drug-likeness (QED) is 0.149. The second-order valence-electron chi connectivity index (χ2n) is 20.9. The van der Waals surface area contributed by atoms with E-state index in [0.717, 1.165) is 53.9 Å². The Morgan fingerprint density at radius 2 is 0.931 bits per heavy atom. The fourth-order valence-corrected chi connectivity index (χ4v) is 6.35. The third-order valence-electron chi connectivity index (χ3n) is 10.3. The number of halogens is 6. The molecule has 0 saturated heterocycles. The molecule has 8 rings (SSSR count). The van der Waals surface area contributed by atoms with Gasteiger partial charge in [-0.3, -0.25) is 0 Å². The average Bonchev–Trinajstić information content (AvgIpc) is 4.14. The number of benzene rings is 4. The molecule has 0 saturated carbocycles. The molecule has 0 aliphatic heterocycles. The van der Waals surface area contributed by atoms with E-state index in [9.17, 15) is 26.3 Å². The summed E-state index contributed by atoms with van der Waals surface area (Å²) in [6.07, 6.45) is -3.77. The maximum atomic E-state index is 12.7. The summed E-state index contributed by atoms with van der Waals surface area (Å²) < 4.78 is 87.8. The van der Waals surface area contributed by atoms with Crippen LogP contribution in [0.25, 0.3) is 17.1 Å². The lowest BCUT2D eigenvalue weighted by Crippen LogP contribution is -2.14. The van der Waals surface area contributed by atoms with E-state index in [1.54, 1.807) is 43.5 Å². The van der Waals surface area contributed by atoms with Gasteiger partial charge in [0.2, 0.25) is 0 Å². The molecule has 4 aromatic carbocycles. The number of methoxy groups -OCH3 is 1. The smallest absolute Gasteiger partial charge is 0.416 e. The fourth-order valence-electron chi connectivity index (χ4n) is 6.35. The predicted molar refractivity (Wildman–Crippen MR) is 266 cm³/mol. The van der Waals surface area contributed by atoms with Crippen LogP contribution >= 0.6 is 0 Å². The lowest BCUT2D eigenvalue weighted by Gasteiger charge is -2.12. The molecule has 0 unspecified atom stereocenters. The highest BCUT2D eigenvalue weighted by Gasteiger charge is 2.32. The average molecular weight is 999 g/mol. The van der Waals surface area contributed by atoms with Crippen LogP contribution in [0.4, 0.5) is 26.3 Å². The zero-order valence-corrected chi connectivity index (χ0v) is 43.3. The van der Waals surface area contributed by atoms with Gasteiger partial charge in [0.05, 0.1) is 36.2 Å². The number of rotatable bonds is 6. The summed E-state index contributed by atoms with van der Waals surface area (Å²) in [7, 11) is 1.65. The van der Waals surface area contributed by atoms with E-state index < -0.39 is 23.5 Å².